The predicted octanol–water partition coefficient (Wildman–Crippen LogP) is 1.50. The first kappa shape index (κ1) is 11.4. The number of carboxylic acid groups (broad SMARTS) is 1. The summed E-state index contributed by atoms with van der Waals surface area (Å²) in [7, 11) is 0. The van der Waals surface area contributed by atoms with E-state index in [1.165, 1.54) is 0 Å². The Morgan fingerprint density at radius 1 is 1.19 bits per heavy atom. The predicted molar refractivity (Wildman–Crippen MR) is 58.9 cm³/mol. The molecule has 90 valence electrons. The fourth-order valence-corrected chi connectivity index (χ4v) is 2.74. The third-order valence-corrected chi connectivity index (χ3v) is 3.76. The molecule has 2 atom stereocenters. The van der Waals surface area contributed by atoms with Crippen molar-refractivity contribution in [3.8, 4) is 0 Å². The van der Waals surface area contributed by atoms with Crippen LogP contribution in [0, 0.1) is 11.8 Å². The van der Waals surface area contributed by atoms with Gasteiger partial charge < -0.3 is 10.0 Å². The van der Waals surface area contributed by atoms with Crippen molar-refractivity contribution < 1.29 is 14.7 Å². The highest BCUT2D eigenvalue weighted by molar-refractivity contribution is 5.85. The minimum atomic E-state index is -0.803. The minimum absolute atomic E-state index is 0.0786. The lowest BCUT2D eigenvalue weighted by atomic mass is 9.94. The SMILES string of the molecule is CCN(C(=O)C1CCCC1C(=O)O)C1CC1. The van der Waals surface area contributed by atoms with E-state index < -0.39 is 11.9 Å². The van der Waals surface area contributed by atoms with Gasteiger partial charge in [-0.05, 0) is 32.6 Å². The molecule has 0 bridgehead atoms. The first-order chi connectivity index (χ1) is 7.65. The number of rotatable bonds is 4. The zero-order valence-corrected chi connectivity index (χ0v) is 9.69. The van der Waals surface area contributed by atoms with Gasteiger partial charge in [-0.2, -0.15) is 0 Å². The molecular weight excluding hydrogens is 206 g/mol. The van der Waals surface area contributed by atoms with Gasteiger partial charge in [0, 0.05) is 12.6 Å². The van der Waals surface area contributed by atoms with Crippen molar-refractivity contribution >= 4 is 11.9 Å². The van der Waals surface area contributed by atoms with Gasteiger partial charge in [0.05, 0.1) is 11.8 Å². The maximum absolute atomic E-state index is 12.2. The number of carboxylic acids is 1. The Hall–Kier alpha value is -1.06. The van der Waals surface area contributed by atoms with E-state index >= 15 is 0 Å². The molecule has 0 spiro atoms. The lowest BCUT2D eigenvalue weighted by Crippen LogP contribution is -2.40. The maximum Gasteiger partial charge on any atom is 0.307 e. The van der Waals surface area contributed by atoms with Crippen molar-refractivity contribution in [2.75, 3.05) is 6.54 Å². The average Bonchev–Trinajstić information content (AvgIpc) is 2.95. The van der Waals surface area contributed by atoms with Crippen molar-refractivity contribution in [3.05, 3.63) is 0 Å². The third-order valence-electron chi connectivity index (χ3n) is 3.76. The van der Waals surface area contributed by atoms with Gasteiger partial charge in [0.2, 0.25) is 5.91 Å². The van der Waals surface area contributed by atoms with Crippen LogP contribution in [0.15, 0.2) is 0 Å². The molecule has 2 fully saturated rings. The number of carbonyl (C=O) groups excluding carboxylic acids is 1. The molecule has 2 aliphatic rings. The molecule has 4 nitrogen and oxygen atoms in total. The van der Waals surface area contributed by atoms with Gasteiger partial charge >= 0.3 is 5.97 Å². The summed E-state index contributed by atoms with van der Waals surface area (Å²) in [5, 5.41) is 9.07. The molecule has 0 aliphatic heterocycles. The normalized spacial score (nSPS) is 29.1. The molecule has 0 heterocycles. The zero-order chi connectivity index (χ0) is 11.7. The Balaban J connectivity index is 2.04. The van der Waals surface area contributed by atoms with E-state index in [2.05, 4.69) is 0 Å². The van der Waals surface area contributed by atoms with Gasteiger partial charge in [-0.25, -0.2) is 0 Å². The van der Waals surface area contributed by atoms with E-state index in [0.717, 1.165) is 25.7 Å². The molecule has 0 aromatic carbocycles. The number of carbonyl (C=O) groups is 2. The first-order valence-electron chi connectivity index (χ1n) is 6.18. The average molecular weight is 225 g/mol. The lowest BCUT2D eigenvalue weighted by Gasteiger charge is -2.25. The van der Waals surface area contributed by atoms with Crippen LogP contribution in [-0.4, -0.2) is 34.5 Å². The summed E-state index contributed by atoms with van der Waals surface area (Å²) in [6.07, 6.45) is 4.46. The van der Waals surface area contributed by atoms with Crippen molar-refractivity contribution in [1.82, 2.24) is 4.90 Å². The number of aliphatic carboxylic acids is 1. The Morgan fingerprint density at radius 3 is 2.31 bits per heavy atom. The van der Waals surface area contributed by atoms with Gasteiger partial charge in [0.25, 0.3) is 0 Å². The molecule has 0 aromatic rings. The van der Waals surface area contributed by atoms with E-state index in [-0.39, 0.29) is 11.8 Å². The molecule has 4 heteroatoms. The third kappa shape index (κ3) is 2.06. The topological polar surface area (TPSA) is 57.6 Å². The van der Waals surface area contributed by atoms with Crippen LogP contribution in [0.3, 0.4) is 0 Å². The van der Waals surface area contributed by atoms with Crippen LogP contribution in [-0.2, 0) is 9.59 Å². The van der Waals surface area contributed by atoms with E-state index in [9.17, 15) is 9.59 Å². The van der Waals surface area contributed by atoms with Gasteiger partial charge in [-0.1, -0.05) is 6.42 Å². The molecule has 2 unspecified atom stereocenters. The Kier molecular flexibility index (Phi) is 3.17. The van der Waals surface area contributed by atoms with Gasteiger partial charge in [-0.15, -0.1) is 0 Å². The van der Waals surface area contributed by atoms with Gasteiger partial charge in [0.1, 0.15) is 0 Å². The summed E-state index contributed by atoms with van der Waals surface area (Å²) in [5.74, 6) is -1.43. The van der Waals surface area contributed by atoms with Crippen molar-refractivity contribution in [2.45, 2.75) is 45.1 Å². The number of hydrogen-bond acceptors (Lipinski definition) is 2. The standard InChI is InChI=1S/C12H19NO3/c1-2-13(8-6-7-8)11(14)9-4-3-5-10(9)12(15)16/h8-10H,2-7H2,1H3,(H,15,16). The van der Waals surface area contributed by atoms with Gasteiger partial charge in [0.15, 0.2) is 0 Å². The molecule has 2 saturated carbocycles. The van der Waals surface area contributed by atoms with Crippen LogP contribution in [0.25, 0.3) is 0 Å². The molecule has 0 saturated heterocycles. The maximum atomic E-state index is 12.2. The zero-order valence-electron chi connectivity index (χ0n) is 9.69. The minimum Gasteiger partial charge on any atom is -0.481 e. The summed E-state index contributed by atoms with van der Waals surface area (Å²) in [4.78, 5) is 25.2. The van der Waals surface area contributed by atoms with Crippen LogP contribution in [0.4, 0.5) is 0 Å². The van der Waals surface area contributed by atoms with Crippen LogP contribution < -0.4 is 0 Å². The molecule has 1 N–H and O–H groups in total. The second kappa shape index (κ2) is 4.44. The monoisotopic (exact) mass is 225 g/mol. The second-order valence-corrected chi connectivity index (χ2v) is 4.84. The Labute approximate surface area is 95.6 Å². The molecule has 1 amide bonds. The quantitative estimate of drug-likeness (QED) is 0.788. The summed E-state index contributed by atoms with van der Waals surface area (Å²) in [6, 6.07) is 0.396. The molecule has 0 aromatic heterocycles. The van der Waals surface area contributed by atoms with Crippen LogP contribution >= 0.6 is 0 Å². The highest BCUT2D eigenvalue weighted by atomic mass is 16.4. The second-order valence-electron chi connectivity index (χ2n) is 4.84. The molecular formula is C12H19NO3. The summed E-state index contributed by atoms with van der Waals surface area (Å²) in [6.45, 7) is 2.69. The van der Waals surface area contributed by atoms with Crippen LogP contribution in [0.2, 0.25) is 0 Å². The van der Waals surface area contributed by atoms with E-state index in [1.807, 2.05) is 11.8 Å². The summed E-state index contributed by atoms with van der Waals surface area (Å²) in [5.41, 5.74) is 0. The molecule has 2 aliphatic carbocycles. The number of nitrogens with zero attached hydrogens (tertiary/aromatic N) is 1. The largest absolute Gasteiger partial charge is 0.481 e. The van der Waals surface area contributed by atoms with Crippen molar-refractivity contribution in [3.63, 3.8) is 0 Å². The smallest absolute Gasteiger partial charge is 0.307 e. The molecule has 0 radical (unpaired) electrons. The number of amides is 1. The Morgan fingerprint density at radius 2 is 1.81 bits per heavy atom. The fraction of sp³-hybridized carbons (Fsp3) is 0.833. The van der Waals surface area contributed by atoms with Crippen LogP contribution in [0.1, 0.15) is 39.0 Å². The van der Waals surface area contributed by atoms with E-state index in [1.54, 1.807) is 0 Å². The highest BCUT2D eigenvalue weighted by Gasteiger charge is 2.42. The van der Waals surface area contributed by atoms with Gasteiger partial charge in [-0.3, -0.25) is 9.59 Å². The van der Waals surface area contributed by atoms with Crippen molar-refractivity contribution in [1.29, 1.82) is 0 Å². The lowest BCUT2D eigenvalue weighted by molar-refractivity contribution is -0.149. The Bertz CT molecular complexity index is 299. The first-order valence-corrected chi connectivity index (χ1v) is 6.18. The summed E-state index contributed by atoms with van der Waals surface area (Å²) < 4.78 is 0. The van der Waals surface area contributed by atoms with E-state index in [4.69, 9.17) is 5.11 Å². The van der Waals surface area contributed by atoms with E-state index in [0.29, 0.717) is 19.0 Å². The van der Waals surface area contributed by atoms with Crippen molar-refractivity contribution in [2.24, 2.45) is 11.8 Å². The summed E-state index contributed by atoms with van der Waals surface area (Å²) >= 11 is 0. The van der Waals surface area contributed by atoms with Crippen LogP contribution in [0.5, 0.6) is 0 Å². The highest BCUT2D eigenvalue weighted by Crippen LogP contribution is 2.36. The molecule has 2 rings (SSSR count). The fourth-order valence-electron chi connectivity index (χ4n) is 2.74. The molecule has 16 heavy (non-hydrogen) atoms. The number of hydrogen-bond donors (Lipinski definition) is 1.